The Morgan fingerprint density at radius 1 is 1.33 bits per heavy atom. The van der Waals surface area contributed by atoms with Gasteiger partial charge in [0, 0.05) is 29.2 Å². The Kier molecular flexibility index (Phi) is 5.21. The molecule has 1 aromatic carbocycles. The van der Waals surface area contributed by atoms with Gasteiger partial charge in [-0.15, -0.1) is 11.3 Å². The standard InChI is InChI=1S/C21H20N4O4S/c1-3-15-14-9-11-30-19(14)8-10-23(15)21(27)20-18(26)12-13(2)24(22-20)16-6-4-5-7-17(16)25(28)29/h4-7,9,11-12,15H,3,8,10H2,1-2H3. The van der Waals surface area contributed by atoms with Crippen molar-refractivity contribution in [1.29, 1.82) is 0 Å². The molecule has 3 heterocycles. The van der Waals surface area contributed by atoms with Crippen LogP contribution in [0.15, 0.2) is 46.6 Å². The Bertz CT molecular complexity index is 1200. The van der Waals surface area contributed by atoms with E-state index >= 15 is 0 Å². The minimum Gasteiger partial charge on any atom is -0.330 e. The molecule has 1 atom stereocenters. The van der Waals surface area contributed by atoms with Gasteiger partial charge >= 0.3 is 0 Å². The molecule has 1 aliphatic rings. The number of rotatable bonds is 4. The molecule has 154 valence electrons. The Morgan fingerprint density at radius 2 is 2.10 bits per heavy atom. The Morgan fingerprint density at radius 3 is 2.83 bits per heavy atom. The molecule has 0 aliphatic carbocycles. The number of hydrogen-bond acceptors (Lipinski definition) is 6. The third-order valence-electron chi connectivity index (χ3n) is 5.36. The number of carbonyl (C=O) groups excluding carboxylic acids is 1. The Labute approximate surface area is 176 Å². The van der Waals surface area contributed by atoms with E-state index in [1.54, 1.807) is 41.4 Å². The van der Waals surface area contributed by atoms with Crippen molar-refractivity contribution in [1.82, 2.24) is 14.7 Å². The van der Waals surface area contributed by atoms with Gasteiger partial charge in [0.15, 0.2) is 5.69 Å². The maximum absolute atomic E-state index is 13.4. The first-order chi connectivity index (χ1) is 14.4. The number of para-hydroxylation sites is 2. The number of aryl methyl sites for hydroxylation is 1. The number of hydrogen-bond donors (Lipinski definition) is 0. The van der Waals surface area contributed by atoms with Crippen LogP contribution >= 0.6 is 11.3 Å². The normalized spacial score (nSPS) is 15.7. The summed E-state index contributed by atoms with van der Waals surface area (Å²) in [6, 6.07) is 9.34. The quantitative estimate of drug-likeness (QED) is 0.470. The molecular formula is C21H20N4O4S. The van der Waals surface area contributed by atoms with Gasteiger partial charge in [0.2, 0.25) is 5.43 Å². The second-order valence-corrected chi connectivity index (χ2v) is 8.13. The van der Waals surface area contributed by atoms with Gasteiger partial charge < -0.3 is 4.90 Å². The molecule has 0 radical (unpaired) electrons. The highest BCUT2D eigenvalue weighted by Crippen LogP contribution is 2.35. The minimum atomic E-state index is -0.508. The second kappa shape index (κ2) is 7.83. The molecule has 2 aromatic heterocycles. The molecule has 8 nitrogen and oxygen atoms in total. The number of thiophene rings is 1. The first kappa shape index (κ1) is 20.0. The first-order valence-corrected chi connectivity index (χ1v) is 10.5. The van der Waals surface area contributed by atoms with Crippen LogP contribution in [0.1, 0.15) is 46.0 Å². The van der Waals surface area contributed by atoms with Gasteiger partial charge in [-0.05, 0) is 42.8 Å². The Balaban J connectivity index is 1.79. The molecule has 0 spiro atoms. The summed E-state index contributed by atoms with van der Waals surface area (Å²) < 4.78 is 1.30. The molecule has 1 amide bonds. The van der Waals surface area contributed by atoms with Gasteiger partial charge in [0.1, 0.15) is 5.69 Å². The Hall–Kier alpha value is -3.33. The topological polar surface area (TPSA) is 98.3 Å². The van der Waals surface area contributed by atoms with Crippen LogP contribution in [0.25, 0.3) is 5.69 Å². The average molecular weight is 424 g/mol. The van der Waals surface area contributed by atoms with Crippen molar-refractivity contribution in [3.05, 3.63) is 83.9 Å². The molecule has 3 aromatic rings. The lowest BCUT2D eigenvalue weighted by Crippen LogP contribution is -2.42. The monoisotopic (exact) mass is 424 g/mol. The molecule has 9 heteroatoms. The van der Waals surface area contributed by atoms with E-state index in [4.69, 9.17) is 0 Å². The van der Waals surface area contributed by atoms with Crippen molar-refractivity contribution in [2.75, 3.05) is 6.54 Å². The van der Waals surface area contributed by atoms with Crippen LogP contribution in [-0.4, -0.2) is 32.1 Å². The summed E-state index contributed by atoms with van der Waals surface area (Å²) in [4.78, 5) is 39.9. The maximum Gasteiger partial charge on any atom is 0.294 e. The third kappa shape index (κ3) is 3.30. The first-order valence-electron chi connectivity index (χ1n) is 9.64. The highest BCUT2D eigenvalue weighted by molar-refractivity contribution is 7.10. The number of amides is 1. The van der Waals surface area contributed by atoms with Crippen LogP contribution in [0, 0.1) is 17.0 Å². The van der Waals surface area contributed by atoms with E-state index in [0.29, 0.717) is 12.2 Å². The van der Waals surface area contributed by atoms with Crippen molar-refractivity contribution in [3.8, 4) is 5.69 Å². The van der Waals surface area contributed by atoms with Crippen LogP contribution in [-0.2, 0) is 6.42 Å². The van der Waals surface area contributed by atoms with E-state index in [1.165, 1.54) is 21.7 Å². The smallest absolute Gasteiger partial charge is 0.294 e. The van der Waals surface area contributed by atoms with Crippen LogP contribution in [0.3, 0.4) is 0 Å². The summed E-state index contributed by atoms with van der Waals surface area (Å²) in [5, 5.41) is 17.7. The molecule has 0 fully saturated rings. The lowest BCUT2D eigenvalue weighted by atomic mass is 9.97. The fraction of sp³-hybridized carbons (Fsp3) is 0.286. The van der Waals surface area contributed by atoms with Gasteiger partial charge in [0.25, 0.3) is 11.6 Å². The van der Waals surface area contributed by atoms with Crippen LogP contribution in [0.2, 0.25) is 0 Å². The van der Waals surface area contributed by atoms with Gasteiger partial charge in [-0.3, -0.25) is 19.7 Å². The number of nitrogens with zero attached hydrogens (tertiary/aromatic N) is 4. The lowest BCUT2D eigenvalue weighted by Gasteiger charge is -2.35. The van der Waals surface area contributed by atoms with Crippen LogP contribution in [0.4, 0.5) is 5.69 Å². The van der Waals surface area contributed by atoms with Crippen molar-refractivity contribution < 1.29 is 9.72 Å². The van der Waals surface area contributed by atoms with Crippen molar-refractivity contribution >= 4 is 22.9 Å². The van der Waals surface area contributed by atoms with E-state index in [0.717, 1.165) is 18.4 Å². The zero-order valence-corrected chi connectivity index (χ0v) is 17.4. The number of fused-ring (bicyclic) bond motifs is 1. The number of carbonyl (C=O) groups is 1. The number of benzene rings is 1. The van der Waals surface area contributed by atoms with Crippen molar-refractivity contribution in [2.24, 2.45) is 0 Å². The molecule has 0 N–H and O–H groups in total. The SMILES string of the molecule is CCC1c2ccsc2CCN1C(=O)c1nn(-c2ccccc2[N+](=O)[O-])c(C)cc1=O. The lowest BCUT2D eigenvalue weighted by molar-refractivity contribution is -0.384. The van der Waals surface area contributed by atoms with Gasteiger partial charge in [-0.1, -0.05) is 19.1 Å². The van der Waals surface area contributed by atoms with Crippen molar-refractivity contribution in [2.45, 2.75) is 32.7 Å². The van der Waals surface area contributed by atoms with Gasteiger partial charge in [-0.25, -0.2) is 4.68 Å². The van der Waals surface area contributed by atoms with E-state index in [1.807, 2.05) is 18.4 Å². The molecule has 1 unspecified atom stereocenters. The van der Waals surface area contributed by atoms with E-state index < -0.39 is 16.3 Å². The molecule has 0 saturated heterocycles. The fourth-order valence-corrected chi connectivity index (χ4v) is 4.88. The highest BCUT2D eigenvalue weighted by atomic mass is 32.1. The molecule has 1 aliphatic heterocycles. The fourth-order valence-electron chi connectivity index (χ4n) is 3.95. The predicted molar refractivity (Wildman–Crippen MR) is 113 cm³/mol. The van der Waals surface area contributed by atoms with E-state index in [2.05, 4.69) is 5.10 Å². The number of aromatic nitrogens is 2. The summed E-state index contributed by atoms with van der Waals surface area (Å²) in [6.07, 6.45) is 1.46. The largest absolute Gasteiger partial charge is 0.330 e. The van der Waals surface area contributed by atoms with Crippen molar-refractivity contribution in [3.63, 3.8) is 0 Å². The third-order valence-corrected chi connectivity index (χ3v) is 6.36. The van der Waals surface area contributed by atoms with Gasteiger partial charge in [-0.2, -0.15) is 5.10 Å². The summed E-state index contributed by atoms with van der Waals surface area (Å²) in [6.45, 7) is 4.14. The predicted octanol–water partition coefficient (Wildman–Crippen LogP) is 3.66. The second-order valence-electron chi connectivity index (χ2n) is 7.13. The molecule has 0 saturated carbocycles. The molecular weight excluding hydrogens is 404 g/mol. The van der Waals surface area contributed by atoms with E-state index in [-0.39, 0.29) is 23.1 Å². The summed E-state index contributed by atoms with van der Waals surface area (Å²) in [5.41, 5.74) is 0.876. The molecule has 30 heavy (non-hydrogen) atoms. The summed E-state index contributed by atoms with van der Waals surface area (Å²) in [7, 11) is 0. The minimum absolute atomic E-state index is 0.116. The average Bonchev–Trinajstić information content (AvgIpc) is 3.21. The number of nitro benzene ring substituents is 1. The van der Waals surface area contributed by atoms with E-state index in [9.17, 15) is 19.7 Å². The van der Waals surface area contributed by atoms with Crippen LogP contribution in [0.5, 0.6) is 0 Å². The zero-order chi connectivity index (χ0) is 21.4. The summed E-state index contributed by atoms with van der Waals surface area (Å²) >= 11 is 1.68. The zero-order valence-electron chi connectivity index (χ0n) is 16.6. The van der Waals surface area contributed by atoms with Gasteiger partial charge in [0.05, 0.1) is 11.0 Å². The summed E-state index contributed by atoms with van der Waals surface area (Å²) in [5.74, 6) is -0.448. The highest BCUT2D eigenvalue weighted by Gasteiger charge is 2.33. The molecule has 0 bridgehead atoms. The number of nitro groups is 1. The maximum atomic E-state index is 13.4. The molecule has 4 rings (SSSR count). The van der Waals surface area contributed by atoms with Crippen LogP contribution < -0.4 is 5.43 Å².